The number of aromatic nitrogens is 3. The molecule has 2 aromatic heterocycles. The number of benzene rings is 1. The van der Waals surface area contributed by atoms with Gasteiger partial charge in [-0.3, -0.25) is 4.79 Å². The van der Waals surface area contributed by atoms with Crippen molar-refractivity contribution >= 4 is 34.1 Å². The van der Waals surface area contributed by atoms with E-state index in [-0.39, 0.29) is 5.91 Å². The summed E-state index contributed by atoms with van der Waals surface area (Å²) in [4.78, 5) is 20.6. The lowest BCUT2D eigenvalue weighted by Gasteiger charge is -2.04. The Balaban J connectivity index is 1.49. The maximum absolute atomic E-state index is 12.1. The summed E-state index contributed by atoms with van der Waals surface area (Å²) in [6.45, 7) is 4.51. The Morgan fingerprint density at radius 3 is 2.81 bits per heavy atom. The first-order chi connectivity index (χ1) is 13.1. The van der Waals surface area contributed by atoms with Gasteiger partial charge >= 0.3 is 0 Å². The molecule has 1 N–H and O–H groups in total. The number of thioether (sulfide) groups is 1. The summed E-state index contributed by atoms with van der Waals surface area (Å²) in [6, 6.07) is 7.79. The first kappa shape index (κ1) is 19.4. The van der Waals surface area contributed by atoms with Crippen molar-refractivity contribution in [2.75, 3.05) is 17.7 Å². The first-order valence-electron chi connectivity index (χ1n) is 8.49. The van der Waals surface area contributed by atoms with E-state index in [9.17, 15) is 4.79 Å². The lowest BCUT2D eigenvalue weighted by Crippen LogP contribution is -2.14. The molecule has 3 aromatic rings. The SMILES string of the molecule is CCCOc1ccc(-c2csc(NC(=O)CSCc3noc(C)n3)n2)cc1. The van der Waals surface area contributed by atoms with Crippen LogP contribution in [0.1, 0.15) is 25.1 Å². The van der Waals surface area contributed by atoms with Crippen molar-refractivity contribution in [2.45, 2.75) is 26.0 Å². The van der Waals surface area contributed by atoms with Gasteiger partial charge in [0.15, 0.2) is 11.0 Å². The molecule has 0 atom stereocenters. The number of nitrogens with one attached hydrogen (secondary N) is 1. The van der Waals surface area contributed by atoms with Crippen molar-refractivity contribution in [1.82, 2.24) is 15.1 Å². The van der Waals surface area contributed by atoms with Crippen LogP contribution in [-0.4, -0.2) is 33.4 Å². The fourth-order valence-electron chi connectivity index (χ4n) is 2.20. The predicted molar refractivity (Wildman–Crippen MR) is 107 cm³/mol. The molecule has 0 unspecified atom stereocenters. The quantitative estimate of drug-likeness (QED) is 0.572. The van der Waals surface area contributed by atoms with Gasteiger partial charge in [-0.2, -0.15) is 4.98 Å². The number of carbonyl (C=O) groups is 1. The minimum absolute atomic E-state index is 0.107. The molecule has 27 heavy (non-hydrogen) atoms. The highest BCUT2D eigenvalue weighted by molar-refractivity contribution is 7.99. The van der Waals surface area contributed by atoms with Crippen LogP contribution in [0.5, 0.6) is 5.75 Å². The number of nitrogens with zero attached hydrogens (tertiary/aromatic N) is 3. The molecule has 0 aliphatic carbocycles. The van der Waals surface area contributed by atoms with Crippen LogP contribution < -0.4 is 10.1 Å². The first-order valence-corrected chi connectivity index (χ1v) is 10.5. The average Bonchev–Trinajstić information content (AvgIpc) is 3.29. The number of carbonyl (C=O) groups excluding carboxylic acids is 1. The maximum atomic E-state index is 12.1. The zero-order valence-electron chi connectivity index (χ0n) is 15.1. The van der Waals surface area contributed by atoms with Gasteiger partial charge in [-0.15, -0.1) is 23.1 Å². The summed E-state index contributed by atoms with van der Waals surface area (Å²) >= 11 is 2.82. The molecule has 0 fully saturated rings. The van der Waals surface area contributed by atoms with Crippen molar-refractivity contribution in [1.29, 1.82) is 0 Å². The second kappa shape index (κ2) is 9.52. The molecule has 0 bridgehead atoms. The third-order valence-corrected chi connectivity index (χ3v) is 5.09. The van der Waals surface area contributed by atoms with Gasteiger partial charge in [-0.25, -0.2) is 4.98 Å². The van der Waals surface area contributed by atoms with Crippen LogP contribution in [0.2, 0.25) is 0 Å². The van der Waals surface area contributed by atoms with Gasteiger partial charge in [0.1, 0.15) is 5.75 Å². The fraction of sp³-hybridized carbons (Fsp3) is 0.333. The van der Waals surface area contributed by atoms with E-state index >= 15 is 0 Å². The zero-order valence-corrected chi connectivity index (χ0v) is 16.7. The van der Waals surface area contributed by atoms with Crippen molar-refractivity contribution in [3.8, 4) is 17.0 Å². The van der Waals surface area contributed by atoms with Gasteiger partial charge in [-0.05, 0) is 30.7 Å². The van der Waals surface area contributed by atoms with E-state index in [1.165, 1.54) is 23.1 Å². The van der Waals surface area contributed by atoms with E-state index in [4.69, 9.17) is 9.26 Å². The molecule has 7 nitrogen and oxygen atoms in total. The van der Waals surface area contributed by atoms with Gasteiger partial charge in [0.05, 0.1) is 23.8 Å². The number of ether oxygens (including phenoxy) is 1. The minimum atomic E-state index is -0.107. The van der Waals surface area contributed by atoms with Crippen molar-refractivity contribution < 1.29 is 14.1 Å². The monoisotopic (exact) mass is 404 g/mol. The van der Waals surface area contributed by atoms with Crippen LogP contribution >= 0.6 is 23.1 Å². The molecule has 0 aliphatic heterocycles. The van der Waals surface area contributed by atoms with Gasteiger partial charge in [0.25, 0.3) is 0 Å². The number of amides is 1. The Morgan fingerprint density at radius 2 is 2.11 bits per heavy atom. The number of thiazole rings is 1. The maximum Gasteiger partial charge on any atom is 0.236 e. The Morgan fingerprint density at radius 1 is 1.30 bits per heavy atom. The van der Waals surface area contributed by atoms with Gasteiger partial charge in [0.2, 0.25) is 11.8 Å². The summed E-state index contributed by atoms with van der Waals surface area (Å²) in [5, 5.41) is 9.12. The van der Waals surface area contributed by atoms with Crippen LogP contribution in [0.25, 0.3) is 11.3 Å². The zero-order chi connectivity index (χ0) is 19.1. The summed E-state index contributed by atoms with van der Waals surface area (Å²) in [6.07, 6.45) is 0.976. The standard InChI is InChI=1S/C18H20N4O3S2/c1-3-8-24-14-6-4-13(5-7-14)15-9-27-18(20-15)21-17(23)11-26-10-16-19-12(2)25-22-16/h4-7,9H,3,8,10-11H2,1-2H3,(H,20,21,23). The van der Waals surface area contributed by atoms with Crippen molar-refractivity contribution in [2.24, 2.45) is 0 Å². The molecular weight excluding hydrogens is 384 g/mol. The Hall–Kier alpha value is -2.39. The molecule has 0 saturated carbocycles. The van der Waals surface area contributed by atoms with Gasteiger partial charge < -0.3 is 14.6 Å². The minimum Gasteiger partial charge on any atom is -0.494 e. The van der Waals surface area contributed by atoms with E-state index < -0.39 is 0 Å². The van der Waals surface area contributed by atoms with Crippen LogP contribution in [0.15, 0.2) is 34.2 Å². The molecule has 1 amide bonds. The fourth-order valence-corrected chi connectivity index (χ4v) is 3.59. The Labute approximate surface area is 165 Å². The number of hydrogen-bond donors (Lipinski definition) is 1. The Kier molecular flexibility index (Phi) is 6.83. The molecule has 142 valence electrons. The Bertz CT molecular complexity index is 877. The molecular formula is C18H20N4O3S2. The van der Waals surface area contributed by atoms with E-state index in [1.807, 2.05) is 29.6 Å². The second-order valence-corrected chi connectivity index (χ2v) is 7.53. The van der Waals surface area contributed by atoms with Crippen LogP contribution in [0.4, 0.5) is 5.13 Å². The summed E-state index contributed by atoms with van der Waals surface area (Å²) in [5.74, 6) is 2.68. The van der Waals surface area contributed by atoms with E-state index in [2.05, 4.69) is 27.4 Å². The molecule has 9 heteroatoms. The van der Waals surface area contributed by atoms with Gasteiger partial charge in [-0.1, -0.05) is 12.1 Å². The largest absolute Gasteiger partial charge is 0.494 e. The number of hydrogen-bond acceptors (Lipinski definition) is 8. The predicted octanol–water partition coefficient (Wildman–Crippen LogP) is 4.16. The lowest BCUT2D eigenvalue weighted by molar-refractivity contribution is -0.113. The lowest BCUT2D eigenvalue weighted by atomic mass is 10.2. The third kappa shape index (κ3) is 5.80. The average molecular weight is 405 g/mol. The van der Waals surface area contributed by atoms with Crippen LogP contribution in [0, 0.1) is 6.92 Å². The molecule has 0 aliphatic rings. The van der Waals surface area contributed by atoms with E-state index in [0.717, 1.165) is 23.4 Å². The number of aryl methyl sites for hydroxylation is 1. The highest BCUT2D eigenvalue weighted by Gasteiger charge is 2.10. The molecule has 3 rings (SSSR count). The van der Waals surface area contributed by atoms with Crippen LogP contribution in [0.3, 0.4) is 0 Å². The molecule has 1 aromatic carbocycles. The summed E-state index contributed by atoms with van der Waals surface area (Å²) in [7, 11) is 0. The smallest absolute Gasteiger partial charge is 0.236 e. The van der Waals surface area contributed by atoms with E-state index in [0.29, 0.717) is 35.0 Å². The van der Waals surface area contributed by atoms with Crippen molar-refractivity contribution in [3.05, 3.63) is 41.4 Å². The molecule has 2 heterocycles. The number of rotatable bonds is 9. The topological polar surface area (TPSA) is 90.1 Å². The summed E-state index contributed by atoms with van der Waals surface area (Å²) in [5.41, 5.74) is 1.81. The molecule has 0 radical (unpaired) electrons. The molecule has 0 spiro atoms. The van der Waals surface area contributed by atoms with E-state index in [1.54, 1.807) is 6.92 Å². The normalized spacial score (nSPS) is 10.7. The highest BCUT2D eigenvalue weighted by atomic mass is 32.2. The second-order valence-electron chi connectivity index (χ2n) is 5.68. The third-order valence-electron chi connectivity index (χ3n) is 3.41. The molecule has 0 saturated heterocycles. The van der Waals surface area contributed by atoms with Gasteiger partial charge in [0, 0.05) is 17.9 Å². The van der Waals surface area contributed by atoms with Crippen molar-refractivity contribution in [3.63, 3.8) is 0 Å². The van der Waals surface area contributed by atoms with Crippen LogP contribution in [-0.2, 0) is 10.5 Å². The number of anilines is 1. The summed E-state index contributed by atoms with van der Waals surface area (Å²) < 4.78 is 10.5. The highest BCUT2D eigenvalue weighted by Crippen LogP contribution is 2.26.